The Morgan fingerprint density at radius 1 is 1.11 bits per heavy atom. The van der Waals surface area contributed by atoms with Crippen LogP contribution in [-0.2, 0) is 4.79 Å². The molecule has 0 aromatic carbocycles. The molecule has 2 fully saturated rings. The normalized spacial score (nSPS) is 20.8. The quantitative estimate of drug-likeness (QED) is 0.685. The SMILES string of the molecule is CC#CC1(NC(=O)N2CCN(C(C)=O)CC2)CC1. The van der Waals surface area contributed by atoms with Crippen LogP contribution in [0.5, 0.6) is 0 Å². The number of hydrogen-bond acceptors (Lipinski definition) is 2. The molecule has 1 heterocycles. The minimum absolute atomic E-state index is 0.0570. The van der Waals surface area contributed by atoms with Gasteiger partial charge in [0.1, 0.15) is 5.54 Å². The molecule has 0 aromatic rings. The molecule has 5 nitrogen and oxygen atoms in total. The summed E-state index contributed by atoms with van der Waals surface area (Å²) < 4.78 is 0. The van der Waals surface area contributed by atoms with Gasteiger partial charge >= 0.3 is 6.03 Å². The molecule has 0 bridgehead atoms. The van der Waals surface area contributed by atoms with Crippen molar-refractivity contribution in [1.29, 1.82) is 0 Å². The van der Waals surface area contributed by atoms with Crippen molar-refractivity contribution in [3.8, 4) is 11.8 Å². The van der Waals surface area contributed by atoms with Gasteiger partial charge in [-0.05, 0) is 19.8 Å². The minimum atomic E-state index is -0.274. The molecule has 98 valence electrons. The van der Waals surface area contributed by atoms with Gasteiger partial charge in [-0.1, -0.05) is 5.92 Å². The summed E-state index contributed by atoms with van der Waals surface area (Å²) in [6, 6.07) is -0.0570. The Morgan fingerprint density at radius 2 is 1.67 bits per heavy atom. The van der Waals surface area contributed by atoms with Crippen molar-refractivity contribution in [2.24, 2.45) is 0 Å². The van der Waals surface area contributed by atoms with Crippen molar-refractivity contribution in [1.82, 2.24) is 15.1 Å². The summed E-state index contributed by atoms with van der Waals surface area (Å²) in [7, 11) is 0. The molecule has 1 aliphatic heterocycles. The highest BCUT2D eigenvalue weighted by Crippen LogP contribution is 2.34. The Bertz CT molecular complexity index is 410. The van der Waals surface area contributed by atoms with Crippen LogP contribution in [0.3, 0.4) is 0 Å². The van der Waals surface area contributed by atoms with Gasteiger partial charge in [0.2, 0.25) is 5.91 Å². The first-order valence-corrected chi connectivity index (χ1v) is 6.33. The number of nitrogens with zero attached hydrogens (tertiary/aromatic N) is 2. The summed E-state index contributed by atoms with van der Waals surface area (Å²) in [5, 5.41) is 2.99. The second kappa shape index (κ2) is 4.89. The molecule has 0 unspecified atom stereocenters. The lowest BCUT2D eigenvalue weighted by Crippen LogP contribution is -2.54. The Kier molecular flexibility index (Phi) is 3.46. The average Bonchev–Trinajstić information content (AvgIpc) is 3.09. The fraction of sp³-hybridized carbons (Fsp3) is 0.692. The van der Waals surface area contributed by atoms with Gasteiger partial charge in [0.05, 0.1) is 0 Å². The molecule has 2 aliphatic rings. The van der Waals surface area contributed by atoms with Crippen LogP contribution in [0.4, 0.5) is 4.79 Å². The molecule has 0 spiro atoms. The first-order chi connectivity index (χ1) is 8.56. The van der Waals surface area contributed by atoms with Gasteiger partial charge in [0.25, 0.3) is 0 Å². The van der Waals surface area contributed by atoms with Crippen LogP contribution in [0.2, 0.25) is 0 Å². The number of amides is 3. The zero-order valence-electron chi connectivity index (χ0n) is 11.0. The molecular weight excluding hydrogens is 230 g/mol. The maximum absolute atomic E-state index is 12.0. The topological polar surface area (TPSA) is 52.7 Å². The number of rotatable bonds is 1. The minimum Gasteiger partial charge on any atom is -0.339 e. The first-order valence-electron chi connectivity index (χ1n) is 6.33. The largest absolute Gasteiger partial charge is 0.339 e. The highest BCUT2D eigenvalue weighted by Gasteiger charge is 2.43. The maximum Gasteiger partial charge on any atom is 0.318 e. The van der Waals surface area contributed by atoms with Crippen molar-refractivity contribution in [2.45, 2.75) is 32.2 Å². The van der Waals surface area contributed by atoms with E-state index in [0.29, 0.717) is 26.2 Å². The molecule has 1 saturated carbocycles. The van der Waals surface area contributed by atoms with Crippen LogP contribution in [-0.4, -0.2) is 53.5 Å². The van der Waals surface area contributed by atoms with Crippen molar-refractivity contribution in [3.63, 3.8) is 0 Å². The molecule has 1 saturated heterocycles. The molecule has 18 heavy (non-hydrogen) atoms. The number of nitrogens with one attached hydrogen (secondary N) is 1. The predicted molar refractivity (Wildman–Crippen MR) is 67.8 cm³/mol. The molecule has 0 atom stereocenters. The highest BCUT2D eigenvalue weighted by atomic mass is 16.2. The lowest BCUT2D eigenvalue weighted by Gasteiger charge is -2.34. The number of urea groups is 1. The van der Waals surface area contributed by atoms with E-state index in [1.165, 1.54) is 0 Å². The van der Waals surface area contributed by atoms with Crippen molar-refractivity contribution >= 4 is 11.9 Å². The van der Waals surface area contributed by atoms with E-state index >= 15 is 0 Å². The van der Waals surface area contributed by atoms with E-state index < -0.39 is 0 Å². The van der Waals surface area contributed by atoms with Crippen LogP contribution in [0.25, 0.3) is 0 Å². The van der Waals surface area contributed by atoms with Crippen LogP contribution in [0, 0.1) is 11.8 Å². The first kappa shape index (κ1) is 12.7. The number of hydrogen-bond donors (Lipinski definition) is 1. The Hall–Kier alpha value is -1.70. The number of piperazine rings is 1. The third kappa shape index (κ3) is 2.76. The van der Waals surface area contributed by atoms with Gasteiger partial charge in [-0.3, -0.25) is 4.79 Å². The van der Waals surface area contributed by atoms with Crippen molar-refractivity contribution in [3.05, 3.63) is 0 Å². The molecule has 3 amide bonds. The third-order valence-corrected chi connectivity index (χ3v) is 3.47. The Morgan fingerprint density at radius 3 is 2.11 bits per heavy atom. The number of carbonyl (C=O) groups excluding carboxylic acids is 2. The molecular formula is C13H19N3O2. The summed E-state index contributed by atoms with van der Waals surface area (Å²) in [5.74, 6) is 6.00. The van der Waals surface area contributed by atoms with Crippen LogP contribution in [0.1, 0.15) is 26.7 Å². The van der Waals surface area contributed by atoms with Gasteiger partial charge < -0.3 is 15.1 Å². The summed E-state index contributed by atoms with van der Waals surface area (Å²) in [5.41, 5.74) is -0.274. The summed E-state index contributed by atoms with van der Waals surface area (Å²) in [6.45, 7) is 5.79. The molecule has 1 aliphatic carbocycles. The second-order valence-electron chi connectivity index (χ2n) is 4.88. The van der Waals surface area contributed by atoms with Gasteiger partial charge in [-0.2, -0.15) is 0 Å². The van der Waals surface area contributed by atoms with E-state index in [2.05, 4.69) is 17.2 Å². The smallest absolute Gasteiger partial charge is 0.318 e. The average molecular weight is 249 g/mol. The predicted octanol–water partition coefficient (Wildman–Crippen LogP) is 0.416. The van der Waals surface area contributed by atoms with E-state index in [-0.39, 0.29) is 17.5 Å². The Labute approximate surface area is 107 Å². The number of carbonyl (C=O) groups is 2. The van der Waals surface area contributed by atoms with E-state index in [4.69, 9.17) is 0 Å². The fourth-order valence-electron chi connectivity index (χ4n) is 2.15. The molecule has 0 aromatic heterocycles. The van der Waals surface area contributed by atoms with Crippen LogP contribution >= 0.6 is 0 Å². The second-order valence-corrected chi connectivity index (χ2v) is 4.88. The zero-order valence-corrected chi connectivity index (χ0v) is 11.0. The van der Waals surface area contributed by atoms with Gasteiger partial charge in [-0.15, -0.1) is 5.92 Å². The Balaban J connectivity index is 1.84. The highest BCUT2D eigenvalue weighted by molar-refractivity contribution is 5.77. The van der Waals surface area contributed by atoms with Gasteiger partial charge in [-0.25, -0.2) is 4.79 Å². The summed E-state index contributed by atoms with van der Waals surface area (Å²) in [6.07, 6.45) is 1.87. The molecule has 2 rings (SSSR count). The van der Waals surface area contributed by atoms with Crippen molar-refractivity contribution < 1.29 is 9.59 Å². The van der Waals surface area contributed by atoms with Gasteiger partial charge in [0, 0.05) is 33.1 Å². The maximum atomic E-state index is 12.0. The summed E-state index contributed by atoms with van der Waals surface area (Å²) in [4.78, 5) is 26.8. The molecule has 1 N–H and O–H groups in total. The van der Waals surface area contributed by atoms with Gasteiger partial charge in [0.15, 0.2) is 0 Å². The standard InChI is InChI=1S/C13H19N3O2/c1-3-4-13(5-6-13)14-12(18)16-9-7-15(8-10-16)11(2)17/h5-10H2,1-2H3,(H,14,18). The zero-order chi connectivity index (χ0) is 13.2. The monoisotopic (exact) mass is 249 g/mol. The van der Waals surface area contributed by atoms with Crippen LogP contribution in [0.15, 0.2) is 0 Å². The van der Waals surface area contributed by atoms with E-state index in [0.717, 1.165) is 12.8 Å². The lowest BCUT2D eigenvalue weighted by molar-refractivity contribution is -0.130. The lowest BCUT2D eigenvalue weighted by atomic mass is 10.2. The van der Waals surface area contributed by atoms with Crippen molar-refractivity contribution in [2.75, 3.05) is 26.2 Å². The van der Waals surface area contributed by atoms with E-state index in [9.17, 15) is 9.59 Å². The molecule has 0 radical (unpaired) electrons. The molecule has 5 heteroatoms. The van der Waals surface area contributed by atoms with E-state index in [1.807, 2.05) is 0 Å². The third-order valence-electron chi connectivity index (χ3n) is 3.47. The van der Waals surface area contributed by atoms with E-state index in [1.54, 1.807) is 23.6 Å². The fourth-order valence-corrected chi connectivity index (χ4v) is 2.15. The van der Waals surface area contributed by atoms with Crippen LogP contribution < -0.4 is 5.32 Å². The summed E-state index contributed by atoms with van der Waals surface area (Å²) >= 11 is 0.